The van der Waals surface area contributed by atoms with E-state index < -0.39 is 0 Å². The molecule has 0 fully saturated rings. The number of hydrogen-bond donors (Lipinski definition) is 0. The molecule has 3 rings (SSSR count). The number of nitrogens with zero attached hydrogens (tertiary/aromatic N) is 4. The number of carbonyl (C=O) groups excluding carboxylic acids is 1. The number of aromatic nitrogens is 3. The van der Waals surface area contributed by atoms with Crippen LogP contribution in [-0.4, -0.2) is 31.9 Å². The van der Waals surface area contributed by atoms with Gasteiger partial charge in [-0.2, -0.15) is 5.10 Å². The van der Waals surface area contributed by atoms with Crippen molar-refractivity contribution in [1.82, 2.24) is 19.5 Å². The van der Waals surface area contributed by atoms with Crippen LogP contribution in [0.5, 0.6) is 0 Å². The first-order valence-electron chi connectivity index (χ1n) is 7.34. The minimum atomic E-state index is -0.0300. The Morgan fingerprint density at radius 3 is 2.73 bits per heavy atom. The van der Waals surface area contributed by atoms with Gasteiger partial charge in [0.2, 0.25) is 0 Å². The first-order valence-corrected chi connectivity index (χ1v) is 7.34. The van der Waals surface area contributed by atoms with Gasteiger partial charge in [0.05, 0.1) is 5.69 Å². The number of rotatable bonds is 4. The topological polar surface area (TPSA) is 50.5 Å². The van der Waals surface area contributed by atoms with Gasteiger partial charge in [0.1, 0.15) is 5.56 Å². The predicted molar refractivity (Wildman–Crippen MR) is 84.6 cm³/mol. The summed E-state index contributed by atoms with van der Waals surface area (Å²) in [7, 11) is 0. The van der Waals surface area contributed by atoms with Crippen LogP contribution in [0.15, 0.2) is 48.8 Å². The summed E-state index contributed by atoms with van der Waals surface area (Å²) in [6.07, 6.45) is 3.49. The molecule has 0 atom stereocenters. The Hall–Kier alpha value is -2.69. The average Bonchev–Trinajstić information content (AvgIpc) is 2.88. The van der Waals surface area contributed by atoms with Crippen LogP contribution in [0.25, 0.3) is 5.65 Å². The Morgan fingerprint density at radius 1 is 1.23 bits per heavy atom. The summed E-state index contributed by atoms with van der Waals surface area (Å²) in [6.45, 7) is 5.05. The van der Waals surface area contributed by atoms with Crippen molar-refractivity contribution in [3.8, 4) is 0 Å². The summed E-state index contributed by atoms with van der Waals surface area (Å²) in [5.41, 5.74) is 3.00. The highest BCUT2D eigenvalue weighted by Gasteiger charge is 2.22. The lowest BCUT2D eigenvalue weighted by Gasteiger charge is -2.20. The molecular weight excluding hydrogens is 276 g/mol. The van der Waals surface area contributed by atoms with Gasteiger partial charge in [-0.3, -0.25) is 4.79 Å². The molecule has 0 aliphatic rings. The van der Waals surface area contributed by atoms with E-state index in [-0.39, 0.29) is 5.91 Å². The molecule has 5 nitrogen and oxygen atoms in total. The van der Waals surface area contributed by atoms with Gasteiger partial charge in [-0.1, -0.05) is 30.3 Å². The highest BCUT2D eigenvalue weighted by molar-refractivity contribution is 6.00. The van der Waals surface area contributed by atoms with E-state index in [1.165, 1.54) is 0 Å². The first-order chi connectivity index (χ1) is 10.7. The van der Waals surface area contributed by atoms with Crippen molar-refractivity contribution >= 4 is 11.6 Å². The second-order valence-corrected chi connectivity index (χ2v) is 5.15. The minimum Gasteiger partial charge on any atom is -0.334 e. The molecule has 2 aromatic heterocycles. The molecular formula is C17H18N4O. The molecule has 0 saturated heterocycles. The Kier molecular flexibility index (Phi) is 3.87. The number of amides is 1. The van der Waals surface area contributed by atoms with Crippen molar-refractivity contribution in [3.05, 3.63) is 65.6 Å². The quantitative estimate of drug-likeness (QED) is 0.743. The van der Waals surface area contributed by atoms with Crippen LogP contribution in [0.4, 0.5) is 0 Å². The van der Waals surface area contributed by atoms with Crippen LogP contribution in [0.2, 0.25) is 0 Å². The lowest BCUT2D eigenvalue weighted by atomic mass is 10.1. The standard InChI is InChI=1S/C17H18N4O/c1-3-20(12-14-8-5-4-6-9-14)17(22)15-13(2)19-21-11-7-10-18-16(15)21/h4-11H,3,12H2,1-2H3. The molecule has 112 valence electrons. The number of hydrogen-bond acceptors (Lipinski definition) is 3. The van der Waals surface area contributed by atoms with E-state index in [9.17, 15) is 4.79 Å². The first kappa shape index (κ1) is 14.3. The highest BCUT2D eigenvalue weighted by atomic mass is 16.2. The Balaban J connectivity index is 1.95. The molecule has 0 aliphatic heterocycles. The molecule has 2 heterocycles. The Bertz CT molecular complexity index is 795. The highest BCUT2D eigenvalue weighted by Crippen LogP contribution is 2.17. The van der Waals surface area contributed by atoms with E-state index in [0.717, 1.165) is 5.56 Å². The fraction of sp³-hybridized carbons (Fsp3) is 0.235. The van der Waals surface area contributed by atoms with Gasteiger partial charge >= 0.3 is 0 Å². The summed E-state index contributed by atoms with van der Waals surface area (Å²) < 4.78 is 1.65. The second kappa shape index (κ2) is 5.97. The van der Waals surface area contributed by atoms with Crippen molar-refractivity contribution < 1.29 is 4.79 Å². The Labute approximate surface area is 129 Å². The van der Waals surface area contributed by atoms with Crippen LogP contribution >= 0.6 is 0 Å². The zero-order valence-corrected chi connectivity index (χ0v) is 12.7. The second-order valence-electron chi connectivity index (χ2n) is 5.15. The number of aryl methyl sites for hydroxylation is 1. The zero-order valence-electron chi connectivity index (χ0n) is 12.7. The zero-order chi connectivity index (χ0) is 15.5. The van der Waals surface area contributed by atoms with E-state index in [1.807, 2.05) is 49.1 Å². The van der Waals surface area contributed by atoms with Gasteiger partial charge < -0.3 is 4.90 Å². The number of carbonyl (C=O) groups is 1. The summed E-state index contributed by atoms with van der Waals surface area (Å²) >= 11 is 0. The van der Waals surface area contributed by atoms with E-state index in [1.54, 1.807) is 23.0 Å². The maximum atomic E-state index is 12.9. The fourth-order valence-electron chi connectivity index (χ4n) is 2.54. The van der Waals surface area contributed by atoms with Crippen LogP contribution in [0.1, 0.15) is 28.5 Å². The maximum absolute atomic E-state index is 12.9. The third-order valence-corrected chi connectivity index (χ3v) is 3.67. The fourth-order valence-corrected chi connectivity index (χ4v) is 2.54. The molecule has 0 N–H and O–H groups in total. The molecule has 0 bridgehead atoms. The smallest absolute Gasteiger partial charge is 0.259 e. The van der Waals surface area contributed by atoms with Crippen LogP contribution in [0.3, 0.4) is 0 Å². The summed E-state index contributed by atoms with van der Waals surface area (Å²) in [4.78, 5) is 19.0. The summed E-state index contributed by atoms with van der Waals surface area (Å²) in [5, 5.41) is 4.36. The van der Waals surface area contributed by atoms with Gasteiger partial charge in [0.15, 0.2) is 5.65 Å². The van der Waals surface area contributed by atoms with Gasteiger partial charge in [0.25, 0.3) is 5.91 Å². The lowest BCUT2D eigenvalue weighted by molar-refractivity contribution is 0.0753. The summed E-state index contributed by atoms with van der Waals surface area (Å²) in [5.74, 6) is -0.0300. The van der Waals surface area contributed by atoms with Gasteiger partial charge in [-0.15, -0.1) is 0 Å². The minimum absolute atomic E-state index is 0.0300. The third kappa shape index (κ3) is 2.57. The van der Waals surface area contributed by atoms with E-state index in [2.05, 4.69) is 10.1 Å². The summed E-state index contributed by atoms with van der Waals surface area (Å²) in [6, 6.07) is 11.8. The van der Waals surface area contributed by atoms with E-state index in [4.69, 9.17) is 0 Å². The van der Waals surface area contributed by atoms with Crippen molar-refractivity contribution in [2.24, 2.45) is 0 Å². The largest absolute Gasteiger partial charge is 0.334 e. The molecule has 3 aromatic rings. The average molecular weight is 294 g/mol. The molecule has 0 spiro atoms. The number of fused-ring (bicyclic) bond motifs is 1. The maximum Gasteiger partial charge on any atom is 0.259 e. The lowest BCUT2D eigenvalue weighted by Crippen LogP contribution is -2.30. The third-order valence-electron chi connectivity index (χ3n) is 3.67. The van der Waals surface area contributed by atoms with Crippen molar-refractivity contribution in [1.29, 1.82) is 0 Å². The van der Waals surface area contributed by atoms with Crippen LogP contribution < -0.4 is 0 Å². The number of benzene rings is 1. The van der Waals surface area contributed by atoms with Crippen LogP contribution in [0, 0.1) is 6.92 Å². The molecule has 0 aliphatic carbocycles. The molecule has 1 aromatic carbocycles. The predicted octanol–water partition coefficient (Wildman–Crippen LogP) is 2.70. The monoisotopic (exact) mass is 294 g/mol. The van der Waals surface area contributed by atoms with Gasteiger partial charge in [-0.25, -0.2) is 9.50 Å². The van der Waals surface area contributed by atoms with Crippen molar-refractivity contribution in [3.63, 3.8) is 0 Å². The van der Waals surface area contributed by atoms with Crippen LogP contribution in [-0.2, 0) is 6.54 Å². The van der Waals surface area contributed by atoms with Gasteiger partial charge in [-0.05, 0) is 25.5 Å². The molecule has 0 radical (unpaired) electrons. The van der Waals surface area contributed by atoms with Crippen molar-refractivity contribution in [2.45, 2.75) is 20.4 Å². The van der Waals surface area contributed by atoms with E-state index in [0.29, 0.717) is 30.0 Å². The molecule has 1 amide bonds. The Morgan fingerprint density at radius 2 is 2.00 bits per heavy atom. The molecule has 0 unspecified atom stereocenters. The van der Waals surface area contributed by atoms with Gasteiger partial charge in [0, 0.05) is 25.5 Å². The molecule has 0 saturated carbocycles. The van der Waals surface area contributed by atoms with E-state index >= 15 is 0 Å². The van der Waals surface area contributed by atoms with Crippen molar-refractivity contribution in [2.75, 3.05) is 6.54 Å². The molecule has 5 heteroatoms. The molecule has 22 heavy (non-hydrogen) atoms. The normalized spacial score (nSPS) is 10.8. The SMILES string of the molecule is CCN(Cc1ccccc1)C(=O)c1c(C)nn2cccnc12.